The molecular formula is C11H18O4. The molecule has 5 atom stereocenters. The predicted molar refractivity (Wildman–Crippen MR) is 53.6 cm³/mol. The van der Waals surface area contributed by atoms with Crippen molar-refractivity contribution in [3.8, 4) is 0 Å². The van der Waals surface area contributed by atoms with Gasteiger partial charge in [0.2, 0.25) is 0 Å². The standard InChI is InChI=1S/C11H18O4/c1-3-8-9(15-8)5-4-7(11(12)13)10-6(2)14-10/h6-10H,3-5H2,1-2H3,(H,12,13). The van der Waals surface area contributed by atoms with Gasteiger partial charge in [-0.15, -0.1) is 0 Å². The lowest BCUT2D eigenvalue weighted by molar-refractivity contribution is -0.142. The molecule has 5 unspecified atom stereocenters. The molecule has 15 heavy (non-hydrogen) atoms. The predicted octanol–water partition coefficient (Wildman–Crippen LogP) is 1.43. The van der Waals surface area contributed by atoms with Crippen LogP contribution in [0.25, 0.3) is 0 Å². The Morgan fingerprint density at radius 1 is 1.40 bits per heavy atom. The Balaban J connectivity index is 1.73. The number of carboxylic acids is 1. The first-order chi connectivity index (χ1) is 7.13. The van der Waals surface area contributed by atoms with Crippen molar-refractivity contribution in [2.24, 2.45) is 5.92 Å². The quantitative estimate of drug-likeness (QED) is 0.679. The second kappa shape index (κ2) is 4.10. The van der Waals surface area contributed by atoms with E-state index in [1.807, 2.05) is 6.92 Å². The van der Waals surface area contributed by atoms with Gasteiger partial charge < -0.3 is 14.6 Å². The van der Waals surface area contributed by atoms with Crippen LogP contribution >= 0.6 is 0 Å². The molecule has 2 aliphatic rings. The maximum absolute atomic E-state index is 11.0. The summed E-state index contributed by atoms with van der Waals surface area (Å²) in [6, 6.07) is 0. The van der Waals surface area contributed by atoms with Crippen LogP contribution in [-0.4, -0.2) is 35.5 Å². The van der Waals surface area contributed by atoms with Crippen molar-refractivity contribution in [1.29, 1.82) is 0 Å². The minimum absolute atomic E-state index is 0.0682. The molecule has 0 radical (unpaired) electrons. The van der Waals surface area contributed by atoms with Crippen LogP contribution in [0.3, 0.4) is 0 Å². The van der Waals surface area contributed by atoms with Gasteiger partial charge in [-0.2, -0.15) is 0 Å². The van der Waals surface area contributed by atoms with Crippen LogP contribution in [0.1, 0.15) is 33.1 Å². The van der Waals surface area contributed by atoms with Crippen molar-refractivity contribution in [2.45, 2.75) is 57.5 Å². The lowest BCUT2D eigenvalue weighted by Crippen LogP contribution is -2.21. The fourth-order valence-electron chi connectivity index (χ4n) is 2.19. The van der Waals surface area contributed by atoms with E-state index in [-0.39, 0.29) is 18.1 Å². The lowest BCUT2D eigenvalue weighted by Gasteiger charge is -2.07. The van der Waals surface area contributed by atoms with E-state index < -0.39 is 5.97 Å². The van der Waals surface area contributed by atoms with Gasteiger partial charge in [0.05, 0.1) is 30.3 Å². The molecule has 4 heteroatoms. The van der Waals surface area contributed by atoms with E-state index in [4.69, 9.17) is 14.6 Å². The normalized spacial score (nSPS) is 39.9. The van der Waals surface area contributed by atoms with Gasteiger partial charge in [0.25, 0.3) is 0 Å². The van der Waals surface area contributed by atoms with Crippen LogP contribution in [0.15, 0.2) is 0 Å². The molecule has 2 fully saturated rings. The van der Waals surface area contributed by atoms with Gasteiger partial charge in [0, 0.05) is 0 Å². The number of rotatable bonds is 6. The lowest BCUT2D eigenvalue weighted by atomic mass is 9.96. The van der Waals surface area contributed by atoms with Crippen molar-refractivity contribution in [2.75, 3.05) is 0 Å². The minimum Gasteiger partial charge on any atom is -0.481 e. The molecule has 2 heterocycles. The van der Waals surface area contributed by atoms with Crippen LogP contribution in [0.5, 0.6) is 0 Å². The SMILES string of the molecule is CCC1OC1CCC(C(=O)O)C1OC1C. The summed E-state index contributed by atoms with van der Waals surface area (Å²) >= 11 is 0. The van der Waals surface area contributed by atoms with Crippen LogP contribution in [0.2, 0.25) is 0 Å². The van der Waals surface area contributed by atoms with Gasteiger partial charge in [0.1, 0.15) is 0 Å². The highest BCUT2D eigenvalue weighted by Crippen LogP contribution is 2.36. The van der Waals surface area contributed by atoms with Crippen molar-refractivity contribution >= 4 is 5.97 Å². The van der Waals surface area contributed by atoms with Gasteiger partial charge >= 0.3 is 5.97 Å². The van der Waals surface area contributed by atoms with E-state index in [0.717, 1.165) is 12.8 Å². The molecular weight excluding hydrogens is 196 g/mol. The average molecular weight is 214 g/mol. The molecule has 0 saturated carbocycles. The Labute approximate surface area is 89.6 Å². The number of carboxylic acid groups (broad SMARTS) is 1. The molecule has 2 saturated heterocycles. The first-order valence-corrected chi connectivity index (χ1v) is 5.67. The van der Waals surface area contributed by atoms with Gasteiger partial charge in [-0.25, -0.2) is 0 Å². The maximum atomic E-state index is 11.0. The summed E-state index contributed by atoms with van der Waals surface area (Å²) in [7, 11) is 0. The zero-order valence-corrected chi connectivity index (χ0v) is 9.18. The third-order valence-corrected chi connectivity index (χ3v) is 3.32. The van der Waals surface area contributed by atoms with Crippen LogP contribution < -0.4 is 0 Å². The highest BCUT2D eigenvalue weighted by Gasteiger charge is 2.46. The van der Waals surface area contributed by atoms with E-state index in [2.05, 4.69) is 6.92 Å². The summed E-state index contributed by atoms with van der Waals surface area (Å²) in [5.41, 5.74) is 0. The van der Waals surface area contributed by atoms with Gasteiger partial charge in [-0.1, -0.05) is 6.92 Å². The molecule has 0 spiro atoms. The zero-order valence-electron chi connectivity index (χ0n) is 9.18. The molecule has 86 valence electrons. The van der Waals surface area contributed by atoms with Gasteiger partial charge in [-0.05, 0) is 26.2 Å². The molecule has 0 aromatic carbocycles. The Hall–Kier alpha value is -0.610. The molecule has 2 aliphatic heterocycles. The Kier molecular flexibility index (Phi) is 2.98. The van der Waals surface area contributed by atoms with E-state index in [1.54, 1.807) is 0 Å². The van der Waals surface area contributed by atoms with Crippen molar-refractivity contribution in [3.63, 3.8) is 0 Å². The van der Waals surface area contributed by atoms with Crippen LogP contribution in [0, 0.1) is 5.92 Å². The van der Waals surface area contributed by atoms with Gasteiger partial charge in [0.15, 0.2) is 0 Å². The maximum Gasteiger partial charge on any atom is 0.309 e. The molecule has 0 aromatic heterocycles. The van der Waals surface area contributed by atoms with Gasteiger partial charge in [-0.3, -0.25) is 4.79 Å². The van der Waals surface area contributed by atoms with Crippen LogP contribution in [0.4, 0.5) is 0 Å². The van der Waals surface area contributed by atoms with E-state index >= 15 is 0 Å². The van der Waals surface area contributed by atoms with Crippen molar-refractivity contribution < 1.29 is 19.4 Å². The van der Waals surface area contributed by atoms with Crippen LogP contribution in [-0.2, 0) is 14.3 Å². The molecule has 4 nitrogen and oxygen atoms in total. The zero-order chi connectivity index (χ0) is 11.0. The largest absolute Gasteiger partial charge is 0.481 e. The number of hydrogen-bond donors (Lipinski definition) is 1. The summed E-state index contributed by atoms with van der Waals surface area (Å²) in [5.74, 6) is -1.08. The summed E-state index contributed by atoms with van der Waals surface area (Å²) < 4.78 is 10.6. The molecule has 0 amide bonds. The third-order valence-electron chi connectivity index (χ3n) is 3.32. The molecule has 2 rings (SSSR count). The van der Waals surface area contributed by atoms with E-state index in [9.17, 15) is 4.79 Å². The summed E-state index contributed by atoms with van der Waals surface area (Å²) in [5, 5.41) is 9.04. The van der Waals surface area contributed by atoms with E-state index in [0.29, 0.717) is 18.6 Å². The summed E-state index contributed by atoms with van der Waals surface area (Å²) in [4.78, 5) is 11.0. The number of carbonyl (C=O) groups is 1. The second-order valence-corrected chi connectivity index (χ2v) is 4.45. The Bertz CT molecular complexity index is 253. The Morgan fingerprint density at radius 2 is 2.07 bits per heavy atom. The van der Waals surface area contributed by atoms with Crippen molar-refractivity contribution in [3.05, 3.63) is 0 Å². The molecule has 1 N–H and O–H groups in total. The summed E-state index contributed by atoms with van der Waals surface area (Å²) in [6.07, 6.45) is 3.27. The number of aliphatic carboxylic acids is 1. The van der Waals surface area contributed by atoms with E-state index in [1.165, 1.54) is 0 Å². The number of ether oxygens (including phenoxy) is 2. The third kappa shape index (κ3) is 2.49. The first kappa shape index (κ1) is 10.9. The molecule has 0 aliphatic carbocycles. The fraction of sp³-hybridized carbons (Fsp3) is 0.909. The fourth-order valence-corrected chi connectivity index (χ4v) is 2.19. The number of epoxide rings is 2. The van der Waals surface area contributed by atoms with Crippen molar-refractivity contribution in [1.82, 2.24) is 0 Å². The second-order valence-electron chi connectivity index (χ2n) is 4.45. The number of hydrogen-bond acceptors (Lipinski definition) is 3. The smallest absolute Gasteiger partial charge is 0.309 e. The molecule has 0 bridgehead atoms. The summed E-state index contributed by atoms with van der Waals surface area (Å²) in [6.45, 7) is 4.01. The highest BCUT2D eigenvalue weighted by atomic mass is 16.6. The Morgan fingerprint density at radius 3 is 2.47 bits per heavy atom. The highest BCUT2D eigenvalue weighted by molar-refractivity contribution is 5.71. The first-order valence-electron chi connectivity index (χ1n) is 5.67. The topological polar surface area (TPSA) is 62.4 Å². The average Bonchev–Trinajstić information content (AvgIpc) is 3.05. The molecule has 0 aromatic rings. The minimum atomic E-state index is -0.738. The monoisotopic (exact) mass is 214 g/mol.